The van der Waals surface area contributed by atoms with Crippen LogP contribution < -0.4 is 0 Å². The molecule has 1 N–H and O–H groups in total. The highest BCUT2D eigenvalue weighted by Crippen LogP contribution is 2.37. The minimum Gasteiger partial charge on any atom is -0.508 e. The molecule has 3 aromatic carbocycles. The maximum Gasteiger partial charge on any atom is 0.130 e. The van der Waals surface area contributed by atoms with Gasteiger partial charge < -0.3 is 5.11 Å². The van der Waals surface area contributed by atoms with Crippen molar-refractivity contribution in [3.63, 3.8) is 0 Å². The van der Waals surface area contributed by atoms with Crippen LogP contribution in [0, 0.1) is 22.7 Å². The zero-order chi connectivity index (χ0) is 19.4. The predicted octanol–water partition coefficient (Wildman–Crippen LogP) is 5.73. The molecule has 3 aromatic rings. The van der Waals surface area contributed by atoms with E-state index in [0.29, 0.717) is 0 Å². The van der Waals surface area contributed by atoms with Crippen molar-refractivity contribution in [1.82, 2.24) is 0 Å². The van der Waals surface area contributed by atoms with Gasteiger partial charge in [0.05, 0.1) is 0 Å². The van der Waals surface area contributed by atoms with Gasteiger partial charge in [-0.25, -0.2) is 0 Å². The van der Waals surface area contributed by atoms with Gasteiger partial charge in [0.15, 0.2) is 0 Å². The molecule has 0 saturated carbocycles. The summed E-state index contributed by atoms with van der Waals surface area (Å²) in [7, 11) is 0. The van der Waals surface area contributed by atoms with Gasteiger partial charge in [0.2, 0.25) is 0 Å². The molecule has 130 valence electrons. The quantitative estimate of drug-likeness (QED) is 0.397. The fourth-order valence-corrected chi connectivity index (χ4v) is 3.45. The second-order valence-corrected chi connectivity index (χ2v) is 6.77. The molecule has 3 rings (SSSR count). The van der Waals surface area contributed by atoms with Crippen LogP contribution in [0.4, 0.5) is 0 Å². The average Bonchev–Trinajstić information content (AvgIpc) is 2.67. The minimum absolute atomic E-state index is 0.0246. The van der Waals surface area contributed by atoms with Crippen molar-refractivity contribution in [2.45, 2.75) is 9.79 Å². The number of phenols is 1. The first-order valence-corrected chi connectivity index (χ1v) is 8.89. The van der Waals surface area contributed by atoms with Crippen LogP contribution in [0.1, 0.15) is 5.56 Å². The summed E-state index contributed by atoms with van der Waals surface area (Å²) < 4.78 is 0. The lowest BCUT2D eigenvalue weighted by atomic mass is 9.95. The predicted molar refractivity (Wildman–Crippen MR) is 113 cm³/mol. The summed E-state index contributed by atoms with van der Waals surface area (Å²) in [6.45, 7) is 0. The summed E-state index contributed by atoms with van der Waals surface area (Å²) >= 11 is 9.20. The molecule has 0 unspecified atom stereocenters. The molecule has 0 heterocycles. The third-order valence-corrected chi connectivity index (χ3v) is 4.83. The van der Waals surface area contributed by atoms with Crippen LogP contribution in [-0.2, 0) is 0 Å². The maximum absolute atomic E-state index is 9.45. The molecule has 3 nitrogen and oxygen atoms in total. The molecule has 5 heteroatoms. The molecule has 0 radical (unpaired) electrons. The Morgan fingerprint density at radius 1 is 0.852 bits per heavy atom. The van der Waals surface area contributed by atoms with E-state index in [1.165, 1.54) is 0 Å². The Morgan fingerprint density at radius 3 is 2.15 bits per heavy atom. The van der Waals surface area contributed by atoms with Gasteiger partial charge >= 0.3 is 0 Å². The first kappa shape index (κ1) is 18.7. The third-order valence-electron chi connectivity index (χ3n) is 4.08. The van der Waals surface area contributed by atoms with E-state index < -0.39 is 0 Å². The molecular weight excluding hydrogens is 372 g/mol. The molecule has 0 atom stereocenters. The van der Waals surface area contributed by atoms with E-state index in [9.17, 15) is 5.11 Å². The Kier molecular flexibility index (Phi) is 5.57. The normalized spacial score (nSPS) is 9.93. The summed E-state index contributed by atoms with van der Waals surface area (Å²) in [5, 5.41) is 27.6. The molecule has 0 saturated heterocycles. The summed E-state index contributed by atoms with van der Waals surface area (Å²) in [4.78, 5) is 1.47. The van der Waals surface area contributed by atoms with Crippen molar-refractivity contribution < 1.29 is 5.11 Å². The number of nitrogens with zero attached hydrogens (tertiary/aromatic N) is 2. The van der Waals surface area contributed by atoms with E-state index in [4.69, 9.17) is 10.5 Å². The van der Waals surface area contributed by atoms with Gasteiger partial charge in [-0.15, -0.1) is 25.3 Å². The SMILES string of the molecule is N#CC(C#N)=Cc1cccc(S)c1-c1ccc(-c2ccc(O)cc2)cc1S. The Bertz CT molecular complexity index is 1100. The van der Waals surface area contributed by atoms with E-state index in [1.54, 1.807) is 18.2 Å². The zero-order valence-electron chi connectivity index (χ0n) is 14.1. The lowest BCUT2D eigenvalue weighted by Crippen LogP contribution is -1.90. The molecule has 0 fully saturated rings. The zero-order valence-corrected chi connectivity index (χ0v) is 15.9. The summed E-state index contributed by atoms with van der Waals surface area (Å²) in [6.07, 6.45) is 1.55. The molecule has 0 bridgehead atoms. The number of thiol groups is 2. The van der Waals surface area contributed by atoms with E-state index in [1.807, 2.05) is 60.7 Å². The highest BCUT2D eigenvalue weighted by molar-refractivity contribution is 7.80. The van der Waals surface area contributed by atoms with Crippen molar-refractivity contribution in [2.75, 3.05) is 0 Å². The van der Waals surface area contributed by atoms with E-state index >= 15 is 0 Å². The molecular formula is C22H14N2OS2. The fourth-order valence-electron chi connectivity index (χ4n) is 2.79. The summed E-state index contributed by atoms with van der Waals surface area (Å²) in [5.74, 6) is 0.215. The fraction of sp³-hybridized carbons (Fsp3) is 0. The lowest BCUT2D eigenvalue weighted by molar-refractivity contribution is 0.475. The van der Waals surface area contributed by atoms with Gasteiger partial charge in [-0.2, -0.15) is 10.5 Å². The molecule has 27 heavy (non-hydrogen) atoms. The summed E-state index contributed by atoms with van der Waals surface area (Å²) in [6, 6.07) is 22.1. The third kappa shape index (κ3) is 4.01. The van der Waals surface area contributed by atoms with Crippen molar-refractivity contribution in [3.05, 3.63) is 71.8 Å². The number of nitriles is 2. The number of benzene rings is 3. The van der Waals surface area contributed by atoms with Crippen LogP contribution in [0.15, 0.2) is 76.0 Å². The molecule has 0 spiro atoms. The van der Waals surface area contributed by atoms with Crippen LogP contribution in [0.5, 0.6) is 5.75 Å². The summed E-state index contributed by atoms with van der Waals surface area (Å²) in [5.41, 5.74) is 4.35. The van der Waals surface area contributed by atoms with Crippen LogP contribution in [0.25, 0.3) is 28.3 Å². The Labute approximate surface area is 168 Å². The minimum atomic E-state index is 0.0246. The highest BCUT2D eigenvalue weighted by atomic mass is 32.1. The first-order chi connectivity index (χ1) is 13.0. The second kappa shape index (κ2) is 8.05. The number of aromatic hydroxyl groups is 1. The highest BCUT2D eigenvalue weighted by Gasteiger charge is 2.12. The lowest BCUT2D eigenvalue weighted by Gasteiger charge is -2.13. The van der Waals surface area contributed by atoms with Crippen LogP contribution in [-0.4, -0.2) is 5.11 Å². The van der Waals surface area contributed by atoms with Crippen molar-refractivity contribution >= 4 is 31.3 Å². The van der Waals surface area contributed by atoms with Gasteiger partial charge in [-0.3, -0.25) is 0 Å². The van der Waals surface area contributed by atoms with Crippen LogP contribution in [0.2, 0.25) is 0 Å². The molecule has 0 aliphatic heterocycles. The van der Waals surface area contributed by atoms with E-state index in [0.717, 1.165) is 37.6 Å². The first-order valence-electron chi connectivity index (χ1n) is 8.00. The average molecular weight is 387 g/mol. The van der Waals surface area contributed by atoms with E-state index in [-0.39, 0.29) is 11.3 Å². The Balaban J connectivity index is 2.13. The number of rotatable bonds is 3. The molecule has 0 aliphatic carbocycles. The molecule has 0 aliphatic rings. The van der Waals surface area contributed by atoms with Gasteiger partial charge in [-0.05, 0) is 52.6 Å². The van der Waals surface area contributed by atoms with Gasteiger partial charge in [0.25, 0.3) is 0 Å². The van der Waals surface area contributed by atoms with Crippen molar-refractivity contribution in [3.8, 4) is 40.1 Å². The number of hydrogen-bond donors (Lipinski definition) is 3. The largest absolute Gasteiger partial charge is 0.508 e. The number of phenolic OH excluding ortho intramolecular Hbond substituents is 1. The molecule has 0 amide bonds. The Hall–Kier alpha value is -3.12. The van der Waals surface area contributed by atoms with Crippen LogP contribution in [0.3, 0.4) is 0 Å². The van der Waals surface area contributed by atoms with Crippen LogP contribution >= 0.6 is 25.3 Å². The van der Waals surface area contributed by atoms with Gasteiger partial charge in [0.1, 0.15) is 23.5 Å². The number of allylic oxidation sites excluding steroid dienone is 1. The topological polar surface area (TPSA) is 67.8 Å². The monoisotopic (exact) mass is 386 g/mol. The standard InChI is InChI=1S/C22H14N2OS2/c23-12-14(13-24)10-17-2-1-3-20(26)22(17)19-9-6-16(11-21(19)27)15-4-7-18(25)8-5-15/h1-11,25-27H. The second-order valence-electron chi connectivity index (χ2n) is 5.80. The van der Waals surface area contributed by atoms with Crippen molar-refractivity contribution in [1.29, 1.82) is 10.5 Å². The molecule has 0 aromatic heterocycles. The number of hydrogen-bond acceptors (Lipinski definition) is 5. The van der Waals surface area contributed by atoms with Crippen molar-refractivity contribution in [2.24, 2.45) is 0 Å². The van der Waals surface area contributed by atoms with Gasteiger partial charge in [-0.1, -0.05) is 36.4 Å². The smallest absolute Gasteiger partial charge is 0.130 e. The van der Waals surface area contributed by atoms with E-state index in [2.05, 4.69) is 25.3 Å². The maximum atomic E-state index is 9.45. The van der Waals surface area contributed by atoms with Gasteiger partial charge in [0, 0.05) is 15.4 Å². The Morgan fingerprint density at radius 2 is 1.52 bits per heavy atom.